The van der Waals surface area contributed by atoms with Gasteiger partial charge in [0.25, 0.3) is 0 Å². The molecule has 1 saturated carbocycles. The molecule has 2 aromatic rings. The van der Waals surface area contributed by atoms with Gasteiger partial charge in [-0.2, -0.15) is 0 Å². The highest BCUT2D eigenvalue weighted by Gasteiger charge is 2.41. The summed E-state index contributed by atoms with van der Waals surface area (Å²) in [7, 11) is 0. The van der Waals surface area contributed by atoms with E-state index in [2.05, 4.69) is 6.92 Å². The largest absolute Gasteiger partial charge is 0.207 e. The molecule has 0 amide bonds. The second-order valence-corrected chi connectivity index (χ2v) is 7.83. The Hall–Kier alpha value is -1.70. The minimum atomic E-state index is -0.531. The molecule has 1 aliphatic rings. The van der Waals surface area contributed by atoms with E-state index in [1.165, 1.54) is 44.2 Å². The van der Waals surface area contributed by atoms with Crippen molar-refractivity contribution in [2.24, 2.45) is 5.92 Å². The van der Waals surface area contributed by atoms with Crippen LogP contribution < -0.4 is 0 Å². The Morgan fingerprint density at radius 1 is 0.808 bits per heavy atom. The Bertz CT molecular complexity index is 651. The van der Waals surface area contributed by atoms with E-state index < -0.39 is 5.41 Å². The molecule has 1 aliphatic carbocycles. The second-order valence-electron chi connectivity index (χ2n) is 7.83. The molecular formula is C24H30F2. The van der Waals surface area contributed by atoms with E-state index in [4.69, 9.17) is 0 Å². The summed E-state index contributed by atoms with van der Waals surface area (Å²) in [6.07, 6.45) is 10.2. The van der Waals surface area contributed by atoms with Gasteiger partial charge in [-0.1, -0.05) is 75.4 Å². The van der Waals surface area contributed by atoms with Crippen molar-refractivity contribution in [3.63, 3.8) is 0 Å². The lowest BCUT2D eigenvalue weighted by Crippen LogP contribution is -2.35. The molecule has 0 heterocycles. The van der Waals surface area contributed by atoms with Crippen LogP contribution >= 0.6 is 0 Å². The monoisotopic (exact) mass is 356 g/mol. The quantitative estimate of drug-likeness (QED) is 0.453. The maximum atomic E-state index is 14.7. The molecule has 2 aromatic carbocycles. The summed E-state index contributed by atoms with van der Waals surface area (Å²) < 4.78 is 29.4. The van der Waals surface area contributed by atoms with Crippen molar-refractivity contribution in [2.75, 3.05) is 0 Å². The third kappa shape index (κ3) is 4.00. The molecule has 0 aromatic heterocycles. The van der Waals surface area contributed by atoms with E-state index in [1.54, 1.807) is 12.1 Å². The summed E-state index contributed by atoms with van der Waals surface area (Å²) in [4.78, 5) is 0. The highest BCUT2D eigenvalue weighted by Crippen LogP contribution is 2.48. The van der Waals surface area contributed by atoms with Crippen molar-refractivity contribution in [3.8, 4) is 0 Å². The lowest BCUT2D eigenvalue weighted by molar-refractivity contribution is 0.241. The number of hydrogen-bond acceptors (Lipinski definition) is 0. The number of unbranched alkanes of at least 4 members (excludes halogenated alkanes) is 3. The summed E-state index contributed by atoms with van der Waals surface area (Å²) in [6.45, 7) is 2.23. The van der Waals surface area contributed by atoms with Crippen molar-refractivity contribution in [3.05, 3.63) is 71.3 Å². The van der Waals surface area contributed by atoms with Gasteiger partial charge in [-0.15, -0.1) is 0 Å². The molecule has 1 fully saturated rings. The first-order valence-corrected chi connectivity index (χ1v) is 10.2. The van der Waals surface area contributed by atoms with E-state index in [9.17, 15) is 8.78 Å². The minimum Gasteiger partial charge on any atom is -0.207 e. The summed E-state index contributed by atoms with van der Waals surface area (Å²) in [5.74, 6) is 0.271. The topological polar surface area (TPSA) is 0 Å². The van der Waals surface area contributed by atoms with Crippen LogP contribution in [0.1, 0.15) is 75.8 Å². The lowest BCUT2D eigenvalue weighted by atomic mass is 9.62. The first-order valence-electron chi connectivity index (χ1n) is 10.2. The van der Waals surface area contributed by atoms with Gasteiger partial charge in [0.15, 0.2) is 0 Å². The van der Waals surface area contributed by atoms with E-state index in [-0.39, 0.29) is 11.6 Å². The Labute approximate surface area is 156 Å². The highest BCUT2D eigenvalue weighted by molar-refractivity contribution is 5.41. The Kier molecular flexibility index (Phi) is 6.45. The third-order valence-corrected chi connectivity index (χ3v) is 6.20. The fourth-order valence-electron chi connectivity index (χ4n) is 4.70. The minimum absolute atomic E-state index is 0.211. The van der Waals surface area contributed by atoms with Gasteiger partial charge in [-0.3, -0.25) is 0 Å². The fraction of sp³-hybridized carbons (Fsp3) is 0.500. The molecule has 26 heavy (non-hydrogen) atoms. The molecule has 0 aliphatic heterocycles. The van der Waals surface area contributed by atoms with Gasteiger partial charge in [-0.25, -0.2) is 8.78 Å². The first kappa shape index (κ1) is 19.1. The number of rotatable bonds is 7. The summed E-state index contributed by atoms with van der Waals surface area (Å²) in [6, 6.07) is 13.9. The van der Waals surface area contributed by atoms with Crippen LogP contribution in [0.15, 0.2) is 48.5 Å². The predicted octanol–water partition coefficient (Wildman–Crippen LogP) is 7.41. The summed E-state index contributed by atoms with van der Waals surface area (Å²) in [5, 5.41) is 0. The van der Waals surface area contributed by atoms with Gasteiger partial charge < -0.3 is 0 Å². The zero-order valence-electron chi connectivity index (χ0n) is 15.8. The number of hydrogen-bond donors (Lipinski definition) is 0. The number of halogens is 2. The van der Waals surface area contributed by atoms with E-state index >= 15 is 0 Å². The van der Waals surface area contributed by atoms with Crippen LogP contribution in [0.2, 0.25) is 0 Å². The average molecular weight is 357 g/mol. The highest BCUT2D eigenvalue weighted by atomic mass is 19.1. The average Bonchev–Trinajstić information content (AvgIpc) is 2.67. The molecule has 140 valence electrons. The molecule has 0 radical (unpaired) electrons. The first-order chi connectivity index (χ1) is 12.7. The van der Waals surface area contributed by atoms with E-state index in [1.807, 2.05) is 24.3 Å². The maximum absolute atomic E-state index is 14.7. The molecule has 0 spiro atoms. The van der Waals surface area contributed by atoms with Crippen LogP contribution in [0.25, 0.3) is 0 Å². The van der Waals surface area contributed by atoms with Gasteiger partial charge in [0.2, 0.25) is 0 Å². The van der Waals surface area contributed by atoms with Crippen molar-refractivity contribution in [1.82, 2.24) is 0 Å². The molecule has 0 N–H and O–H groups in total. The second kappa shape index (κ2) is 8.79. The molecular weight excluding hydrogens is 326 g/mol. The summed E-state index contributed by atoms with van der Waals surface area (Å²) >= 11 is 0. The van der Waals surface area contributed by atoms with Gasteiger partial charge in [0, 0.05) is 5.41 Å². The smallest absolute Gasteiger partial charge is 0.127 e. The predicted molar refractivity (Wildman–Crippen MR) is 104 cm³/mol. The molecule has 0 saturated heterocycles. The maximum Gasteiger partial charge on any atom is 0.127 e. The van der Waals surface area contributed by atoms with Crippen molar-refractivity contribution < 1.29 is 8.78 Å². The SMILES string of the molecule is CCCCCCC1CCC(c2ccccc2F)(c2ccccc2F)CC1. The lowest BCUT2D eigenvalue weighted by Gasteiger charge is -2.41. The fourth-order valence-corrected chi connectivity index (χ4v) is 4.70. The van der Waals surface area contributed by atoms with Crippen molar-refractivity contribution in [1.29, 1.82) is 0 Å². The van der Waals surface area contributed by atoms with E-state index in [0.717, 1.165) is 25.7 Å². The molecule has 3 rings (SSSR count). The van der Waals surface area contributed by atoms with Crippen LogP contribution in [0.3, 0.4) is 0 Å². The van der Waals surface area contributed by atoms with Crippen LogP contribution in [0, 0.1) is 17.6 Å². The standard InChI is InChI=1S/C24H30F2/c1-2-3-4-5-10-19-15-17-24(18-16-19,20-11-6-8-13-22(20)25)21-12-7-9-14-23(21)26/h6-9,11-14,19H,2-5,10,15-18H2,1H3. The Morgan fingerprint density at radius 2 is 1.35 bits per heavy atom. The molecule has 2 heteroatoms. The van der Waals surface area contributed by atoms with Gasteiger partial charge >= 0.3 is 0 Å². The van der Waals surface area contributed by atoms with Crippen LogP contribution in [0.5, 0.6) is 0 Å². The Morgan fingerprint density at radius 3 is 1.85 bits per heavy atom. The zero-order valence-corrected chi connectivity index (χ0v) is 15.8. The Balaban J connectivity index is 1.84. The molecule has 0 bridgehead atoms. The van der Waals surface area contributed by atoms with Gasteiger partial charge in [-0.05, 0) is 54.9 Å². The van der Waals surface area contributed by atoms with Crippen LogP contribution in [-0.2, 0) is 5.41 Å². The zero-order chi connectivity index (χ0) is 18.4. The van der Waals surface area contributed by atoms with Crippen LogP contribution in [-0.4, -0.2) is 0 Å². The van der Waals surface area contributed by atoms with Gasteiger partial charge in [0.1, 0.15) is 11.6 Å². The summed E-state index contributed by atoms with van der Waals surface area (Å²) in [5.41, 5.74) is 0.792. The normalized spacial score (nSPS) is 17.3. The van der Waals surface area contributed by atoms with Crippen molar-refractivity contribution in [2.45, 2.75) is 70.1 Å². The van der Waals surface area contributed by atoms with Crippen LogP contribution in [0.4, 0.5) is 8.78 Å². The van der Waals surface area contributed by atoms with E-state index in [0.29, 0.717) is 17.0 Å². The third-order valence-electron chi connectivity index (χ3n) is 6.20. The molecule has 0 unspecified atom stereocenters. The van der Waals surface area contributed by atoms with Crippen molar-refractivity contribution >= 4 is 0 Å². The molecule has 0 nitrogen and oxygen atoms in total. The number of benzene rings is 2. The van der Waals surface area contributed by atoms with Gasteiger partial charge in [0.05, 0.1) is 0 Å². The molecule has 0 atom stereocenters.